The van der Waals surface area contributed by atoms with Gasteiger partial charge in [0.25, 0.3) is 0 Å². The van der Waals surface area contributed by atoms with Crippen LogP contribution in [0.3, 0.4) is 0 Å². The number of benzene rings is 1. The molecule has 5 heteroatoms. The van der Waals surface area contributed by atoms with E-state index in [4.69, 9.17) is 14.3 Å². The molecular formula is C15H16O5. The largest absolute Gasteiger partial charge is 0.497 e. The van der Waals surface area contributed by atoms with Gasteiger partial charge in [-0.1, -0.05) is 12.1 Å². The van der Waals surface area contributed by atoms with Gasteiger partial charge in [0.05, 0.1) is 7.11 Å². The van der Waals surface area contributed by atoms with E-state index in [0.29, 0.717) is 12.8 Å². The summed E-state index contributed by atoms with van der Waals surface area (Å²) in [5.41, 5.74) is 1.06. The van der Waals surface area contributed by atoms with Crippen molar-refractivity contribution >= 4 is 5.97 Å². The zero-order valence-corrected chi connectivity index (χ0v) is 11.1. The molecule has 0 saturated heterocycles. The first kappa shape index (κ1) is 14.1. The van der Waals surface area contributed by atoms with E-state index in [1.54, 1.807) is 7.11 Å². The number of aliphatic hydroxyl groups excluding tert-OH is 1. The maximum Gasteiger partial charge on any atom is 0.371 e. The van der Waals surface area contributed by atoms with Gasteiger partial charge in [-0.05, 0) is 42.7 Å². The van der Waals surface area contributed by atoms with E-state index >= 15 is 0 Å². The molecule has 1 heterocycles. The number of hydrogen-bond donors (Lipinski definition) is 2. The Kier molecular flexibility index (Phi) is 4.42. The highest BCUT2D eigenvalue weighted by atomic mass is 16.5. The van der Waals surface area contributed by atoms with Crippen LogP contribution in [0.2, 0.25) is 0 Å². The minimum Gasteiger partial charge on any atom is -0.497 e. The van der Waals surface area contributed by atoms with Crippen LogP contribution in [-0.2, 0) is 6.42 Å². The van der Waals surface area contributed by atoms with Crippen LogP contribution in [0.25, 0.3) is 0 Å². The zero-order chi connectivity index (χ0) is 14.5. The summed E-state index contributed by atoms with van der Waals surface area (Å²) in [6.45, 7) is 0. The van der Waals surface area contributed by atoms with Crippen LogP contribution in [0, 0.1) is 0 Å². The van der Waals surface area contributed by atoms with Crippen molar-refractivity contribution in [1.82, 2.24) is 0 Å². The second-order valence-corrected chi connectivity index (χ2v) is 4.41. The van der Waals surface area contributed by atoms with Gasteiger partial charge in [0.15, 0.2) is 0 Å². The van der Waals surface area contributed by atoms with Crippen LogP contribution >= 0.6 is 0 Å². The lowest BCUT2D eigenvalue weighted by molar-refractivity contribution is 0.0650. The van der Waals surface area contributed by atoms with Crippen LogP contribution in [0.5, 0.6) is 5.75 Å². The Hall–Kier alpha value is -2.27. The second kappa shape index (κ2) is 6.25. The molecule has 0 amide bonds. The fourth-order valence-electron chi connectivity index (χ4n) is 1.88. The second-order valence-electron chi connectivity index (χ2n) is 4.41. The molecule has 1 unspecified atom stereocenters. The van der Waals surface area contributed by atoms with Crippen LogP contribution < -0.4 is 4.74 Å². The molecule has 1 aromatic carbocycles. The van der Waals surface area contributed by atoms with Crippen LogP contribution in [0.15, 0.2) is 40.8 Å². The van der Waals surface area contributed by atoms with Gasteiger partial charge in [0.2, 0.25) is 5.76 Å². The fourth-order valence-corrected chi connectivity index (χ4v) is 1.88. The molecule has 2 rings (SSSR count). The molecule has 106 valence electrons. The number of methoxy groups -OCH3 is 1. The molecule has 1 atom stereocenters. The number of carboxylic acids is 1. The fraction of sp³-hybridized carbons (Fsp3) is 0.267. The Morgan fingerprint density at radius 2 is 1.95 bits per heavy atom. The van der Waals surface area contributed by atoms with E-state index in [-0.39, 0.29) is 11.5 Å². The van der Waals surface area contributed by atoms with E-state index in [1.807, 2.05) is 24.3 Å². The van der Waals surface area contributed by atoms with Gasteiger partial charge in [-0.2, -0.15) is 0 Å². The van der Waals surface area contributed by atoms with Crippen molar-refractivity contribution in [1.29, 1.82) is 0 Å². The highest BCUT2D eigenvalue weighted by molar-refractivity contribution is 5.84. The van der Waals surface area contributed by atoms with Gasteiger partial charge in [-0.3, -0.25) is 0 Å². The SMILES string of the molecule is COc1ccc(CCC(O)c2ccc(C(=O)O)o2)cc1. The van der Waals surface area contributed by atoms with Crippen molar-refractivity contribution in [2.75, 3.05) is 7.11 Å². The number of carbonyl (C=O) groups is 1. The highest BCUT2D eigenvalue weighted by Gasteiger charge is 2.15. The third-order valence-electron chi connectivity index (χ3n) is 3.03. The molecule has 2 N–H and O–H groups in total. The highest BCUT2D eigenvalue weighted by Crippen LogP contribution is 2.22. The summed E-state index contributed by atoms with van der Waals surface area (Å²) < 4.78 is 10.1. The molecule has 5 nitrogen and oxygen atoms in total. The summed E-state index contributed by atoms with van der Waals surface area (Å²) in [7, 11) is 1.61. The quantitative estimate of drug-likeness (QED) is 0.847. The topological polar surface area (TPSA) is 79.9 Å². The number of hydrogen-bond acceptors (Lipinski definition) is 4. The number of aliphatic hydroxyl groups is 1. The normalized spacial score (nSPS) is 12.1. The summed E-state index contributed by atoms with van der Waals surface area (Å²) in [6, 6.07) is 10.4. The van der Waals surface area contributed by atoms with Gasteiger partial charge >= 0.3 is 5.97 Å². The number of ether oxygens (including phenoxy) is 1. The average Bonchev–Trinajstić information content (AvgIpc) is 2.95. The lowest BCUT2D eigenvalue weighted by atomic mass is 10.1. The van der Waals surface area contributed by atoms with Crippen molar-refractivity contribution in [2.45, 2.75) is 18.9 Å². The lowest BCUT2D eigenvalue weighted by Crippen LogP contribution is -1.99. The minimum absolute atomic E-state index is 0.163. The molecule has 0 fully saturated rings. The molecule has 0 saturated carbocycles. The number of rotatable bonds is 6. The first-order valence-corrected chi connectivity index (χ1v) is 6.24. The standard InChI is InChI=1S/C15H16O5/c1-19-11-5-2-10(3-6-11)4-7-12(16)13-8-9-14(20-13)15(17)18/h2-3,5-6,8-9,12,16H,4,7H2,1H3,(H,17,18). The van der Waals surface area contributed by atoms with Gasteiger partial charge in [-0.25, -0.2) is 4.79 Å². The van der Waals surface area contributed by atoms with Crippen molar-refractivity contribution < 1.29 is 24.2 Å². The van der Waals surface area contributed by atoms with Crippen LogP contribution in [0.4, 0.5) is 0 Å². The number of carboxylic acid groups (broad SMARTS) is 1. The van der Waals surface area contributed by atoms with E-state index in [0.717, 1.165) is 11.3 Å². The van der Waals surface area contributed by atoms with Crippen molar-refractivity contribution in [3.63, 3.8) is 0 Å². The molecule has 0 bridgehead atoms. The number of furan rings is 1. The van der Waals surface area contributed by atoms with Gasteiger partial charge in [-0.15, -0.1) is 0 Å². The predicted molar refractivity (Wildman–Crippen MR) is 71.9 cm³/mol. The Bertz CT molecular complexity index is 570. The molecule has 20 heavy (non-hydrogen) atoms. The summed E-state index contributed by atoms with van der Waals surface area (Å²) >= 11 is 0. The Labute approximate surface area is 116 Å². The van der Waals surface area contributed by atoms with E-state index in [9.17, 15) is 9.90 Å². The number of aryl methyl sites for hydroxylation is 1. The Morgan fingerprint density at radius 3 is 2.50 bits per heavy atom. The number of aromatic carboxylic acids is 1. The molecule has 0 radical (unpaired) electrons. The maximum atomic E-state index is 10.7. The van der Waals surface area contributed by atoms with E-state index in [2.05, 4.69) is 0 Å². The smallest absolute Gasteiger partial charge is 0.371 e. The third-order valence-corrected chi connectivity index (χ3v) is 3.03. The van der Waals surface area contributed by atoms with Crippen molar-refractivity contribution in [3.05, 3.63) is 53.5 Å². The molecule has 0 spiro atoms. The monoisotopic (exact) mass is 276 g/mol. The molecule has 0 aliphatic carbocycles. The lowest BCUT2D eigenvalue weighted by Gasteiger charge is -2.08. The summed E-state index contributed by atoms with van der Waals surface area (Å²) in [5, 5.41) is 18.7. The third kappa shape index (κ3) is 3.39. The molecular weight excluding hydrogens is 260 g/mol. The minimum atomic E-state index is -1.14. The van der Waals surface area contributed by atoms with Gasteiger partial charge in [0.1, 0.15) is 17.6 Å². The maximum absolute atomic E-state index is 10.7. The molecule has 0 aliphatic rings. The van der Waals surface area contributed by atoms with Crippen molar-refractivity contribution in [2.24, 2.45) is 0 Å². The van der Waals surface area contributed by atoms with Gasteiger partial charge in [0, 0.05) is 0 Å². The zero-order valence-electron chi connectivity index (χ0n) is 11.1. The van der Waals surface area contributed by atoms with Gasteiger partial charge < -0.3 is 19.4 Å². The average molecular weight is 276 g/mol. The van der Waals surface area contributed by atoms with E-state index in [1.165, 1.54) is 12.1 Å². The van der Waals surface area contributed by atoms with Crippen LogP contribution in [-0.4, -0.2) is 23.3 Å². The van der Waals surface area contributed by atoms with E-state index < -0.39 is 12.1 Å². The molecule has 1 aromatic heterocycles. The predicted octanol–water partition coefficient (Wildman–Crippen LogP) is 2.65. The molecule has 0 aliphatic heterocycles. The van der Waals surface area contributed by atoms with Crippen LogP contribution in [0.1, 0.15) is 34.4 Å². The van der Waals surface area contributed by atoms with Crippen molar-refractivity contribution in [3.8, 4) is 5.75 Å². The Balaban J connectivity index is 1.93. The summed E-state index contributed by atoms with van der Waals surface area (Å²) in [5.74, 6) is -0.246. The first-order valence-electron chi connectivity index (χ1n) is 6.24. The first-order chi connectivity index (χ1) is 9.60. The Morgan fingerprint density at radius 1 is 1.25 bits per heavy atom. The molecule has 2 aromatic rings. The summed E-state index contributed by atoms with van der Waals surface area (Å²) in [6.07, 6.45) is 0.304. The summed E-state index contributed by atoms with van der Waals surface area (Å²) in [4.78, 5) is 10.7.